The molecule has 4 aromatic rings. The van der Waals surface area contributed by atoms with Gasteiger partial charge in [-0.25, -0.2) is 9.78 Å². The van der Waals surface area contributed by atoms with Gasteiger partial charge >= 0.3 is 6.09 Å². The number of hydrogen-bond acceptors (Lipinski definition) is 5. The van der Waals surface area contributed by atoms with E-state index in [1.165, 1.54) is 6.20 Å². The summed E-state index contributed by atoms with van der Waals surface area (Å²) in [5.41, 5.74) is 5.47. The van der Waals surface area contributed by atoms with Crippen molar-refractivity contribution in [2.24, 2.45) is 0 Å². The molecule has 0 unspecified atom stereocenters. The topological polar surface area (TPSA) is 102 Å². The van der Waals surface area contributed by atoms with Crippen LogP contribution in [-0.2, 0) is 11.5 Å². The SMILES string of the molecule is Cc1cccc(-c2ncn(COCC[Si](C)(C)C)c2-c2ccc3ncc(NC(=O)O)cc3c2)n1. The molecule has 0 radical (unpaired) electrons. The molecule has 0 saturated heterocycles. The third-order valence-corrected chi connectivity index (χ3v) is 7.11. The lowest BCUT2D eigenvalue weighted by atomic mass is 10.0. The molecule has 3 heterocycles. The predicted octanol–water partition coefficient (Wildman–Crippen LogP) is 5.87. The first kappa shape index (κ1) is 23.6. The number of amides is 1. The Bertz CT molecular complexity index is 1330. The number of fused-ring (bicyclic) bond motifs is 1. The third kappa shape index (κ3) is 5.67. The van der Waals surface area contributed by atoms with E-state index >= 15 is 0 Å². The van der Waals surface area contributed by atoms with Gasteiger partial charge in [-0.15, -0.1) is 0 Å². The minimum Gasteiger partial charge on any atom is -0.465 e. The number of aromatic nitrogens is 4. The predicted molar refractivity (Wildman–Crippen MR) is 137 cm³/mol. The molecule has 0 atom stereocenters. The van der Waals surface area contributed by atoms with Crippen LogP contribution in [0.15, 0.2) is 55.0 Å². The molecule has 2 N–H and O–H groups in total. The van der Waals surface area contributed by atoms with E-state index in [4.69, 9.17) is 14.8 Å². The third-order valence-electron chi connectivity index (χ3n) is 5.40. The van der Waals surface area contributed by atoms with E-state index in [1.807, 2.05) is 47.9 Å². The number of carbonyl (C=O) groups is 1. The molecular formula is C25H29N5O3Si. The lowest BCUT2D eigenvalue weighted by molar-refractivity contribution is 0.0882. The van der Waals surface area contributed by atoms with Gasteiger partial charge < -0.3 is 14.4 Å². The molecule has 0 bridgehead atoms. The first-order valence-corrected chi connectivity index (χ1v) is 14.9. The summed E-state index contributed by atoms with van der Waals surface area (Å²) in [5.74, 6) is 0. The number of benzene rings is 1. The molecule has 0 aliphatic carbocycles. The fourth-order valence-electron chi connectivity index (χ4n) is 3.66. The van der Waals surface area contributed by atoms with Crippen LogP contribution in [0.1, 0.15) is 5.69 Å². The van der Waals surface area contributed by atoms with Gasteiger partial charge in [0.15, 0.2) is 0 Å². The van der Waals surface area contributed by atoms with Crippen LogP contribution in [0.4, 0.5) is 10.5 Å². The average Bonchev–Trinajstić information content (AvgIpc) is 3.19. The Morgan fingerprint density at radius 1 is 1.15 bits per heavy atom. The quantitative estimate of drug-likeness (QED) is 0.244. The van der Waals surface area contributed by atoms with Gasteiger partial charge in [0.05, 0.1) is 35.1 Å². The molecule has 0 saturated carbocycles. The zero-order valence-corrected chi connectivity index (χ0v) is 20.9. The second-order valence-electron chi connectivity index (χ2n) is 9.49. The first-order valence-electron chi connectivity index (χ1n) is 11.2. The summed E-state index contributed by atoms with van der Waals surface area (Å²) in [6.07, 6.45) is 2.17. The van der Waals surface area contributed by atoms with E-state index < -0.39 is 14.2 Å². The fourth-order valence-corrected chi connectivity index (χ4v) is 4.41. The molecule has 0 aliphatic heterocycles. The Labute approximate surface area is 199 Å². The van der Waals surface area contributed by atoms with Gasteiger partial charge in [0.1, 0.15) is 12.4 Å². The number of pyridine rings is 2. The molecule has 1 aromatic carbocycles. The summed E-state index contributed by atoms with van der Waals surface area (Å²) >= 11 is 0. The number of nitrogens with zero attached hydrogens (tertiary/aromatic N) is 4. The Kier molecular flexibility index (Phi) is 6.76. The van der Waals surface area contributed by atoms with Crippen molar-refractivity contribution in [3.63, 3.8) is 0 Å². The molecule has 176 valence electrons. The fraction of sp³-hybridized carbons (Fsp3) is 0.280. The molecule has 3 aromatic heterocycles. The van der Waals surface area contributed by atoms with E-state index in [1.54, 1.807) is 12.4 Å². The number of hydrogen-bond donors (Lipinski definition) is 2. The number of aryl methyl sites for hydroxylation is 1. The zero-order chi connectivity index (χ0) is 24.3. The maximum atomic E-state index is 11.1. The summed E-state index contributed by atoms with van der Waals surface area (Å²) in [6, 6.07) is 14.6. The number of rotatable bonds is 8. The van der Waals surface area contributed by atoms with Crippen molar-refractivity contribution in [2.45, 2.75) is 39.3 Å². The number of ether oxygens (including phenoxy) is 1. The Morgan fingerprint density at radius 2 is 1.97 bits per heavy atom. The standard InChI is InChI=1S/C25H29N5O3Si/c1-17-6-5-7-22(28-17)23-24(30(15-27-23)16-33-10-11-34(2,3)4)18-8-9-21-19(12-18)13-20(14-26-21)29-25(31)32/h5-9,12-15,29H,10-11,16H2,1-4H3,(H,31,32). The minimum absolute atomic E-state index is 0.384. The monoisotopic (exact) mass is 475 g/mol. The van der Waals surface area contributed by atoms with E-state index in [0.717, 1.165) is 45.3 Å². The van der Waals surface area contributed by atoms with Crippen LogP contribution in [0, 0.1) is 6.92 Å². The second-order valence-corrected chi connectivity index (χ2v) is 15.1. The van der Waals surface area contributed by atoms with Crippen LogP contribution in [0.2, 0.25) is 25.7 Å². The summed E-state index contributed by atoms with van der Waals surface area (Å²) in [5, 5.41) is 12.2. The number of imidazole rings is 1. The first-order chi connectivity index (χ1) is 16.2. The van der Waals surface area contributed by atoms with Gasteiger partial charge in [0, 0.05) is 31.3 Å². The Hall–Kier alpha value is -3.56. The lowest BCUT2D eigenvalue weighted by Crippen LogP contribution is -2.22. The van der Waals surface area contributed by atoms with Crippen LogP contribution < -0.4 is 5.32 Å². The largest absolute Gasteiger partial charge is 0.465 e. The molecule has 9 heteroatoms. The Balaban J connectivity index is 1.75. The summed E-state index contributed by atoms with van der Waals surface area (Å²) in [6.45, 7) is 10.0. The van der Waals surface area contributed by atoms with Crippen molar-refractivity contribution >= 4 is 30.8 Å². The number of carboxylic acid groups (broad SMARTS) is 1. The zero-order valence-electron chi connectivity index (χ0n) is 19.9. The summed E-state index contributed by atoms with van der Waals surface area (Å²) in [4.78, 5) is 24.8. The van der Waals surface area contributed by atoms with E-state index in [9.17, 15) is 4.79 Å². The average molecular weight is 476 g/mol. The molecule has 0 spiro atoms. The number of anilines is 1. The molecular weight excluding hydrogens is 446 g/mol. The smallest absolute Gasteiger partial charge is 0.409 e. The van der Waals surface area contributed by atoms with Crippen LogP contribution in [0.3, 0.4) is 0 Å². The normalized spacial score (nSPS) is 11.6. The van der Waals surface area contributed by atoms with Crippen LogP contribution in [-0.4, -0.2) is 45.4 Å². The van der Waals surface area contributed by atoms with Crippen LogP contribution >= 0.6 is 0 Å². The van der Waals surface area contributed by atoms with Crippen molar-refractivity contribution in [3.05, 3.63) is 60.7 Å². The van der Waals surface area contributed by atoms with Crippen LogP contribution in [0.25, 0.3) is 33.5 Å². The molecule has 0 aliphatic rings. The van der Waals surface area contributed by atoms with Crippen molar-refractivity contribution in [2.75, 3.05) is 11.9 Å². The van der Waals surface area contributed by atoms with Gasteiger partial charge in [-0.3, -0.25) is 15.3 Å². The second kappa shape index (κ2) is 9.74. The van der Waals surface area contributed by atoms with Gasteiger partial charge in [-0.2, -0.15) is 0 Å². The highest BCUT2D eigenvalue weighted by atomic mass is 28.3. The van der Waals surface area contributed by atoms with Crippen molar-refractivity contribution in [3.8, 4) is 22.6 Å². The minimum atomic E-state index is -1.19. The molecule has 34 heavy (non-hydrogen) atoms. The van der Waals surface area contributed by atoms with E-state index in [-0.39, 0.29) is 0 Å². The summed E-state index contributed by atoms with van der Waals surface area (Å²) < 4.78 is 8.03. The maximum Gasteiger partial charge on any atom is 0.409 e. The van der Waals surface area contributed by atoms with Gasteiger partial charge in [-0.05, 0) is 43.3 Å². The van der Waals surface area contributed by atoms with Crippen molar-refractivity contribution in [1.82, 2.24) is 19.5 Å². The highest BCUT2D eigenvalue weighted by molar-refractivity contribution is 6.76. The summed E-state index contributed by atoms with van der Waals surface area (Å²) in [7, 11) is -1.19. The molecule has 4 rings (SSSR count). The van der Waals surface area contributed by atoms with Crippen LogP contribution in [0.5, 0.6) is 0 Å². The Morgan fingerprint density at radius 3 is 2.71 bits per heavy atom. The van der Waals surface area contributed by atoms with Crippen molar-refractivity contribution in [1.29, 1.82) is 0 Å². The number of nitrogens with one attached hydrogen (secondary N) is 1. The molecule has 0 fully saturated rings. The molecule has 8 nitrogen and oxygen atoms in total. The maximum absolute atomic E-state index is 11.1. The van der Waals surface area contributed by atoms with E-state index in [2.05, 4.69) is 34.9 Å². The van der Waals surface area contributed by atoms with Gasteiger partial charge in [-0.1, -0.05) is 31.8 Å². The van der Waals surface area contributed by atoms with Gasteiger partial charge in [0.25, 0.3) is 0 Å². The lowest BCUT2D eigenvalue weighted by Gasteiger charge is -2.16. The molecule has 1 amide bonds. The van der Waals surface area contributed by atoms with Crippen molar-refractivity contribution < 1.29 is 14.6 Å². The highest BCUT2D eigenvalue weighted by Crippen LogP contribution is 2.32. The van der Waals surface area contributed by atoms with E-state index in [0.29, 0.717) is 19.0 Å². The van der Waals surface area contributed by atoms with Gasteiger partial charge in [0.2, 0.25) is 0 Å². The highest BCUT2D eigenvalue weighted by Gasteiger charge is 2.18.